The monoisotopic (exact) mass is 311 g/mol. The molecule has 0 radical (unpaired) electrons. The summed E-state index contributed by atoms with van der Waals surface area (Å²) in [6.45, 7) is 2.43. The van der Waals surface area contributed by atoms with Gasteiger partial charge < -0.3 is 0 Å². The van der Waals surface area contributed by atoms with Gasteiger partial charge in [-0.2, -0.15) is 0 Å². The van der Waals surface area contributed by atoms with Gasteiger partial charge >= 0.3 is 113 Å². The van der Waals surface area contributed by atoms with Crippen molar-refractivity contribution in [3.05, 3.63) is 24.3 Å². The van der Waals surface area contributed by atoms with Gasteiger partial charge in [0.05, 0.1) is 0 Å². The Hall–Kier alpha value is -0.371. The number of aromatic nitrogens is 1. The van der Waals surface area contributed by atoms with E-state index in [2.05, 4.69) is 31.2 Å². The van der Waals surface area contributed by atoms with E-state index in [0.29, 0.717) is 15.0 Å². The van der Waals surface area contributed by atoms with Crippen LogP contribution in [0.3, 0.4) is 0 Å². The summed E-state index contributed by atoms with van der Waals surface area (Å²) in [6, 6.07) is 8.52. The summed E-state index contributed by atoms with van der Waals surface area (Å²) >= 11 is 2.50. The Kier molecular flexibility index (Phi) is 3.51. The molecule has 0 aliphatic heterocycles. The van der Waals surface area contributed by atoms with Crippen LogP contribution in [0.15, 0.2) is 24.3 Å². The van der Waals surface area contributed by atoms with Crippen LogP contribution in [0, 0.1) is 5.92 Å². The molecule has 3 rings (SSSR count). The molecule has 0 amide bonds. The molecule has 2 atom stereocenters. The molecule has 0 saturated heterocycles. The summed E-state index contributed by atoms with van der Waals surface area (Å²) in [4.78, 5) is 5.72. The molecule has 0 bridgehead atoms. The number of hydrogen-bond acceptors (Lipinski definition) is 2. The molecule has 3 heteroatoms. The molecule has 17 heavy (non-hydrogen) atoms. The maximum absolute atomic E-state index is 4.79. The Morgan fingerprint density at radius 2 is 2.06 bits per heavy atom. The van der Waals surface area contributed by atoms with Crippen LogP contribution < -0.4 is 3.91 Å². The molecule has 1 nitrogen and oxygen atoms in total. The zero-order chi connectivity index (χ0) is 11.7. The standard InChI is InChI=1S/C14H17NSSe/c1-10-6-2-5-9-13(10)17-14-15-11-7-3-4-8-12(11)16-14/h3-4,7-8,10,13H,2,5-6,9H2,1H3/t10-,13+/m1/s1. The first-order chi connectivity index (χ1) is 8.33. The molecule has 2 aromatic rings. The third-order valence-corrected chi connectivity index (χ3v) is 8.13. The van der Waals surface area contributed by atoms with E-state index in [1.165, 1.54) is 39.8 Å². The zero-order valence-electron chi connectivity index (χ0n) is 10.1. The maximum atomic E-state index is 4.79. The van der Waals surface area contributed by atoms with Crippen molar-refractivity contribution in [3.8, 4) is 0 Å². The molecule has 1 aliphatic rings. The number of thiazole rings is 1. The van der Waals surface area contributed by atoms with Crippen molar-refractivity contribution in [2.45, 2.75) is 37.4 Å². The summed E-state index contributed by atoms with van der Waals surface area (Å²) in [5, 5.41) is 0. The van der Waals surface area contributed by atoms with Crippen molar-refractivity contribution >= 4 is 40.4 Å². The summed E-state index contributed by atoms with van der Waals surface area (Å²) in [6.07, 6.45) is 5.73. The molecule has 0 spiro atoms. The van der Waals surface area contributed by atoms with E-state index in [9.17, 15) is 0 Å². The molecule has 90 valence electrons. The molecular weight excluding hydrogens is 293 g/mol. The number of fused-ring (bicyclic) bond motifs is 1. The van der Waals surface area contributed by atoms with Crippen LogP contribution in [0.5, 0.6) is 0 Å². The van der Waals surface area contributed by atoms with E-state index >= 15 is 0 Å². The molecule has 1 aromatic carbocycles. The Bertz CT molecular complexity index is 475. The van der Waals surface area contributed by atoms with Crippen LogP contribution in [-0.2, 0) is 0 Å². The Morgan fingerprint density at radius 3 is 2.88 bits per heavy atom. The predicted molar refractivity (Wildman–Crippen MR) is 76.4 cm³/mol. The van der Waals surface area contributed by atoms with Crippen LogP contribution in [-0.4, -0.2) is 19.9 Å². The second-order valence-electron chi connectivity index (χ2n) is 4.87. The van der Waals surface area contributed by atoms with Gasteiger partial charge in [-0.1, -0.05) is 0 Å². The van der Waals surface area contributed by atoms with Gasteiger partial charge in [0.1, 0.15) is 0 Å². The van der Waals surface area contributed by atoms with E-state index < -0.39 is 0 Å². The number of rotatable bonds is 2. The minimum atomic E-state index is 0.587. The van der Waals surface area contributed by atoms with Gasteiger partial charge in [-0.3, -0.25) is 0 Å². The SMILES string of the molecule is C[C@@H]1CCCC[C@@H]1[Se]c1nc2ccccc2s1. The van der Waals surface area contributed by atoms with Crippen molar-refractivity contribution in [3.63, 3.8) is 0 Å². The first kappa shape index (κ1) is 11.7. The van der Waals surface area contributed by atoms with E-state index in [4.69, 9.17) is 4.98 Å². The molecule has 1 aliphatic carbocycles. The first-order valence-electron chi connectivity index (χ1n) is 6.35. The Morgan fingerprint density at radius 1 is 1.24 bits per heavy atom. The van der Waals surface area contributed by atoms with Crippen molar-refractivity contribution in [2.75, 3.05) is 0 Å². The van der Waals surface area contributed by atoms with Crippen LogP contribution >= 0.6 is 11.3 Å². The van der Waals surface area contributed by atoms with E-state index in [1.807, 2.05) is 11.3 Å². The summed E-state index contributed by atoms with van der Waals surface area (Å²) < 4.78 is 2.75. The molecule has 1 fully saturated rings. The number of nitrogens with zero attached hydrogens (tertiary/aromatic N) is 1. The second kappa shape index (κ2) is 5.09. The van der Waals surface area contributed by atoms with E-state index in [0.717, 1.165) is 10.7 Å². The number of para-hydroxylation sites is 1. The fraction of sp³-hybridized carbons (Fsp3) is 0.500. The van der Waals surface area contributed by atoms with E-state index in [1.54, 1.807) is 0 Å². The number of hydrogen-bond donors (Lipinski definition) is 0. The molecule has 1 aromatic heterocycles. The van der Waals surface area contributed by atoms with Crippen LogP contribution in [0.1, 0.15) is 32.6 Å². The Labute approximate surface area is 113 Å². The minimum absolute atomic E-state index is 0.587. The normalized spacial score (nSPS) is 25.2. The van der Waals surface area contributed by atoms with Crippen molar-refractivity contribution < 1.29 is 0 Å². The topological polar surface area (TPSA) is 12.9 Å². The number of benzene rings is 1. The van der Waals surface area contributed by atoms with Crippen LogP contribution in [0.25, 0.3) is 10.2 Å². The average molecular weight is 310 g/mol. The Balaban J connectivity index is 1.79. The third-order valence-electron chi connectivity index (χ3n) is 3.56. The van der Waals surface area contributed by atoms with Gasteiger partial charge in [0, 0.05) is 0 Å². The van der Waals surface area contributed by atoms with Crippen molar-refractivity contribution in [1.82, 2.24) is 4.98 Å². The average Bonchev–Trinajstić information content (AvgIpc) is 2.74. The van der Waals surface area contributed by atoms with Gasteiger partial charge in [-0.25, -0.2) is 0 Å². The summed E-state index contributed by atoms with van der Waals surface area (Å²) in [5.41, 5.74) is 1.19. The molecule has 0 N–H and O–H groups in total. The summed E-state index contributed by atoms with van der Waals surface area (Å²) in [7, 11) is 0. The molecule has 1 heterocycles. The van der Waals surface area contributed by atoms with Gasteiger partial charge in [-0.05, 0) is 0 Å². The predicted octanol–water partition coefficient (Wildman–Crippen LogP) is 3.62. The van der Waals surface area contributed by atoms with Crippen molar-refractivity contribution in [2.24, 2.45) is 5.92 Å². The quantitative estimate of drug-likeness (QED) is 0.772. The third kappa shape index (κ3) is 2.57. The summed E-state index contributed by atoms with van der Waals surface area (Å²) in [5.74, 6) is 0.913. The van der Waals surface area contributed by atoms with E-state index in [-0.39, 0.29) is 0 Å². The van der Waals surface area contributed by atoms with Gasteiger partial charge in [-0.15, -0.1) is 0 Å². The zero-order valence-corrected chi connectivity index (χ0v) is 12.6. The van der Waals surface area contributed by atoms with Gasteiger partial charge in [0.25, 0.3) is 0 Å². The first-order valence-corrected chi connectivity index (χ1v) is 9.01. The fourth-order valence-electron chi connectivity index (χ4n) is 2.49. The van der Waals surface area contributed by atoms with Crippen LogP contribution in [0.2, 0.25) is 4.82 Å². The second-order valence-corrected chi connectivity index (χ2v) is 9.06. The van der Waals surface area contributed by atoms with Crippen LogP contribution in [0.4, 0.5) is 0 Å². The molecule has 1 saturated carbocycles. The van der Waals surface area contributed by atoms with Crippen molar-refractivity contribution in [1.29, 1.82) is 0 Å². The molecule has 0 unspecified atom stereocenters. The molecular formula is C14H17NSSe. The van der Waals surface area contributed by atoms with Gasteiger partial charge in [0.15, 0.2) is 0 Å². The fourth-order valence-corrected chi connectivity index (χ4v) is 6.97. The van der Waals surface area contributed by atoms with Gasteiger partial charge in [0.2, 0.25) is 0 Å².